The second-order valence-corrected chi connectivity index (χ2v) is 7.28. The van der Waals surface area contributed by atoms with Crippen LogP contribution in [0.5, 0.6) is 11.5 Å². The molecular weight excluding hydrogens is 439 g/mol. The maximum absolute atomic E-state index is 12.9. The van der Waals surface area contributed by atoms with Crippen molar-refractivity contribution in [2.24, 2.45) is 0 Å². The summed E-state index contributed by atoms with van der Waals surface area (Å²) in [6.07, 6.45) is 2.97. The van der Waals surface area contributed by atoms with Crippen molar-refractivity contribution in [1.82, 2.24) is 9.80 Å². The van der Waals surface area contributed by atoms with Crippen LogP contribution in [0, 0.1) is 5.82 Å². The van der Waals surface area contributed by atoms with Gasteiger partial charge in [-0.3, -0.25) is 14.5 Å². The number of piperazine rings is 1. The molecule has 0 spiro atoms. The first-order valence-corrected chi connectivity index (χ1v) is 10.2. The summed E-state index contributed by atoms with van der Waals surface area (Å²) in [6.45, 7) is -0.820. The number of ether oxygens (including phenoxy) is 2. The van der Waals surface area contributed by atoms with Crippen molar-refractivity contribution in [1.29, 1.82) is 0 Å². The molecule has 10 heteroatoms. The lowest BCUT2D eigenvalue weighted by Gasteiger charge is -2.33. The first kappa shape index (κ1) is 24.1. The standard InChI is InChI=1S/C23H24F3N3O4/c1-32-20-14-16(2-8-19(20)33-23(25)26)3-9-22(31)29-12-10-28(11-13-29)15-21(30)27-18-6-4-17(24)5-7-18/h2-9,14,23H,10-13,15H2,1H3,(H,27,30)/b9-3+. The summed E-state index contributed by atoms with van der Waals surface area (Å²) in [5, 5.41) is 2.71. The Labute approximate surface area is 189 Å². The molecule has 0 bridgehead atoms. The lowest BCUT2D eigenvalue weighted by molar-refractivity contribution is -0.127. The molecule has 0 aliphatic carbocycles. The van der Waals surface area contributed by atoms with Crippen LogP contribution in [-0.4, -0.2) is 68.1 Å². The largest absolute Gasteiger partial charge is 0.493 e. The van der Waals surface area contributed by atoms with Crippen molar-refractivity contribution in [3.8, 4) is 11.5 Å². The van der Waals surface area contributed by atoms with Crippen LogP contribution in [-0.2, 0) is 9.59 Å². The average molecular weight is 463 g/mol. The maximum atomic E-state index is 12.9. The third-order valence-electron chi connectivity index (χ3n) is 5.00. The summed E-state index contributed by atoms with van der Waals surface area (Å²) < 4.78 is 47.2. The summed E-state index contributed by atoms with van der Waals surface area (Å²) in [6, 6.07) is 9.92. The van der Waals surface area contributed by atoms with Crippen LogP contribution >= 0.6 is 0 Å². The minimum Gasteiger partial charge on any atom is -0.493 e. The van der Waals surface area contributed by atoms with Crippen LogP contribution in [0.3, 0.4) is 0 Å². The Morgan fingerprint density at radius 3 is 2.39 bits per heavy atom. The molecule has 1 aliphatic heterocycles. The van der Waals surface area contributed by atoms with E-state index in [2.05, 4.69) is 10.1 Å². The number of carbonyl (C=O) groups excluding carboxylic acids is 2. The van der Waals surface area contributed by atoms with Gasteiger partial charge in [0.1, 0.15) is 5.82 Å². The summed E-state index contributed by atoms with van der Waals surface area (Å²) in [5.41, 5.74) is 1.11. The predicted molar refractivity (Wildman–Crippen MR) is 117 cm³/mol. The molecule has 1 saturated heterocycles. The molecule has 0 saturated carbocycles. The van der Waals surface area contributed by atoms with Crippen molar-refractivity contribution in [3.63, 3.8) is 0 Å². The average Bonchev–Trinajstić information content (AvgIpc) is 2.79. The van der Waals surface area contributed by atoms with E-state index in [1.165, 1.54) is 49.6 Å². The number of alkyl halides is 2. The minimum absolute atomic E-state index is 0.0874. The van der Waals surface area contributed by atoms with E-state index in [4.69, 9.17) is 4.74 Å². The normalized spacial score (nSPS) is 14.5. The Bertz CT molecular complexity index is 991. The topological polar surface area (TPSA) is 71.1 Å². The van der Waals surface area contributed by atoms with Gasteiger partial charge in [0.25, 0.3) is 0 Å². The van der Waals surface area contributed by atoms with Gasteiger partial charge in [0.05, 0.1) is 13.7 Å². The van der Waals surface area contributed by atoms with Crippen molar-refractivity contribution in [2.45, 2.75) is 6.61 Å². The maximum Gasteiger partial charge on any atom is 0.387 e. The van der Waals surface area contributed by atoms with Gasteiger partial charge in [0.15, 0.2) is 11.5 Å². The van der Waals surface area contributed by atoms with Gasteiger partial charge in [-0.15, -0.1) is 0 Å². The lowest BCUT2D eigenvalue weighted by Crippen LogP contribution is -2.50. The number of benzene rings is 2. The molecule has 1 aliphatic rings. The number of anilines is 1. The molecule has 1 N–H and O–H groups in total. The lowest BCUT2D eigenvalue weighted by atomic mass is 10.2. The van der Waals surface area contributed by atoms with E-state index >= 15 is 0 Å². The highest BCUT2D eigenvalue weighted by molar-refractivity contribution is 5.93. The Hall–Kier alpha value is -3.53. The van der Waals surface area contributed by atoms with Crippen molar-refractivity contribution in [3.05, 3.63) is 59.9 Å². The van der Waals surface area contributed by atoms with Gasteiger partial charge >= 0.3 is 6.61 Å². The van der Waals surface area contributed by atoms with Crippen LogP contribution in [0.25, 0.3) is 6.08 Å². The fourth-order valence-corrected chi connectivity index (χ4v) is 3.32. The Kier molecular flexibility index (Phi) is 8.31. The second kappa shape index (κ2) is 11.4. The third-order valence-corrected chi connectivity index (χ3v) is 5.00. The second-order valence-electron chi connectivity index (χ2n) is 7.28. The molecule has 1 fully saturated rings. The number of amides is 2. The number of rotatable bonds is 8. The first-order valence-electron chi connectivity index (χ1n) is 10.2. The fourth-order valence-electron chi connectivity index (χ4n) is 3.32. The van der Waals surface area contributed by atoms with Gasteiger partial charge in [-0.1, -0.05) is 6.07 Å². The minimum atomic E-state index is -2.96. The molecule has 3 rings (SSSR count). The molecule has 176 valence electrons. The molecule has 2 amide bonds. The number of nitrogens with zero attached hydrogens (tertiary/aromatic N) is 2. The highest BCUT2D eigenvalue weighted by Gasteiger charge is 2.21. The molecule has 0 radical (unpaired) electrons. The van der Waals surface area contributed by atoms with Crippen LogP contribution in [0.4, 0.5) is 18.9 Å². The monoisotopic (exact) mass is 463 g/mol. The quantitative estimate of drug-likeness (QED) is 0.609. The predicted octanol–water partition coefficient (Wildman–Crippen LogP) is 3.23. The number of halogens is 3. The Morgan fingerprint density at radius 1 is 1.06 bits per heavy atom. The Morgan fingerprint density at radius 2 is 1.76 bits per heavy atom. The summed E-state index contributed by atoms with van der Waals surface area (Å²) >= 11 is 0. The molecule has 2 aromatic carbocycles. The van der Waals surface area contributed by atoms with Crippen molar-refractivity contribution < 1.29 is 32.2 Å². The van der Waals surface area contributed by atoms with Gasteiger partial charge in [0.2, 0.25) is 11.8 Å². The first-order chi connectivity index (χ1) is 15.8. The van der Waals surface area contributed by atoms with Crippen LogP contribution in [0.15, 0.2) is 48.5 Å². The Balaban J connectivity index is 1.47. The molecule has 1 heterocycles. The fraction of sp³-hybridized carbons (Fsp3) is 0.304. The van der Waals surface area contributed by atoms with E-state index < -0.39 is 6.61 Å². The SMILES string of the molecule is COc1cc(/C=C/C(=O)N2CCN(CC(=O)Nc3ccc(F)cc3)CC2)ccc1OC(F)F. The smallest absolute Gasteiger partial charge is 0.387 e. The van der Waals surface area contributed by atoms with Gasteiger partial charge < -0.3 is 19.7 Å². The molecule has 33 heavy (non-hydrogen) atoms. The highest BCUT2D eigenvalue weighted by Crippen LogP contribution is 2.29. The molecule has 2 aromatic rings. The number of nitrogens with one attached hydrogen (secondary N) is 1. The van der Waals surface area contributed by atoms with Crippen LogP contribution < -0.4 is 14.8 Å². The van der Waals surface area contributed by atoms with Crippen molar-refractivity contribution in [2.75, 3.05) is 45.2 Å². The van der Waals surface area contributed by atoms with Gasteiger partial charge in [-0.05, 0) is 48.0 Å². The van der Waals surface area contributed by atoms with E-state index in [1.54, 1.807) is 17.0 Å². The summed E-state index contributed by atoms with van der Waals surface area (Å²) in [4.78, 5) is 28.3. The van der Waals surface area contributed by atoms with Crippen molar-refractivity contribution >= 4 is 23.6 Å². The van der Waals surface area contributed by atoms with E-state index in [0.29, 0.717) is 37.4 Å². The van der Waals surface area contributed by atoms with E-state index in [1.807, 2.05) is 4.90 Å². The molecular formula is C23H24F3N3O4. The molecule has 0 unspecified atom stereocenters. The zero-order chi connectivity index (χ0) is 23.8. The third kappa shape index (κ3) is 7.25. The van der Waals surface area contributed by atoms with Crippen LogP contribution in [0.1, 0.15) is 5.56 Å². The summed E-state index contributed by atoms with van der Waals surface area (Å²) in [5.74, 6) is -0.737. The van der Waals surface area contributed by atoms with Crippen LogP contribution in [0.2, 0.25) is 0 Å². The van der Waals surface area contributed by atoms with E-state index in [-0.39, 0.29) is 35.7 Å². The molecule has 7 nitrogen and oxygen atoms in total. The van der Waals surface area contributed by atoms with Gasteiger partial charge in [-0.2, -0.15) is 8.78 Å². The van der Waals surface area contributed by atoms with E-state index in [0.717, 1.165) is 0 Å². The molecule has 0 aromatic heterocycles. The number of methoxy groups -OCH3 is 1. The van der Waals surface area contributed by atoms with Gasteiger partial charge in [0, 0.05) is 37.9 Å². The zero-order valence-electron chi connectivity index (χ0n) is 18.0. The zero-order valence-corrected chi connectivity index (χ0v) is 18.0. The summed E-state index contributed by atoms with van der Waals surface area (Å²) in [7, 11) is 1.34. The number of hydrogen-bond donors (Lipinski definition) is 1. The van der Waals surface area contributed by atoms with E-state index in [9.17, 15) is 22.8 Å². The van der Waals surface area contributed by atoms with Gasteiger partial charge in [-0.25, -0.2) is 4.39 Å². The molecule has 0 atom stereocenters. The number of carbonyl (C=O) groups is 2. The highest BCUT2D eigenvalue weighted by atomic mass is 19.3. The number of hydrogen-bond acceptors (Lipinski definition) is 5.